The standard InChI is InChI=1S/C19H17N5O2S2/c27-18(23-11-13-2-4-15-16(10-13)26-9-8-25-15)24-14-3-5-17(22-12-14)28-19-20-6-1-7-21-19/h1-7,10,12H,8-9,11H2,(H2,23,24,27). The number of pyridine rings is 1. The molecule has 28 heavy (non-hydrogen) atoms. The molecule has 0 unspecified atom stereocenters. The van der Waals surface area contributed by atoms with Gasteiger partial charge in [-0.15, -0.1) is 0 Å². The van der Waals surface area contributed by atoms with Gasteiger partial charge in [0.15, 0.2) is 21.8 Å². The topological polar surface area (TPSA) is 81.2 Å². The van der Waals surface area contributed by atoms with Crippen LogP contribution in [-0.4, -0.2) is 33.3 Å². The van der Waals surface area contributed by atoms with Gasteiger partial charge in [-0.25, -0.2) is 15.0 Å². The highest BCUT2D eigenvalue weighted by molar-refractivity contribution is 7.99. The molecule has 0 bridgehead atoms. The first-order chi connectivity index (χ1) is 13.8. The fraction of sp³-hybridized carbons (Fsp3) is 0.158. The van der Waals surface area contributed by atoms with Crippen LogP contribution in [-0.2, 0) is 6.54 Å². The molecule has 1 aliphatic heterocycles. The Labute approximate surface area is 171 Å². The van der Waals surface area contributed by atoms with Gasteiger partial charge in [-0.1, -0.05) is 6.07 Å². The lowest BCUT2D eigenvalue weighted by Gasteiger charge is -2.19. The fourth-order valence-electron chi connectivity index (χ4n) is 2.50. The van der Waals surface area contributed by atoms with E-state index < -0.39 is 0 Å². The Kier molecular flexibility index (Phi) is 5.83. The molecule has 3 heterocycles. The molecule has 0 aliphatic carbocycles. The first-order valence-electron chi connectivity index (χ1n) is 8.60. The third-order valence-electron chi connectivity index (χ3n) is 3.79. The van der Waals surface area contributed by atoms with Gasteiger partial charge in [0.1, 0.15) is 18.2 Å². The summed E-state index contributed by atoms with van der Waals surface area (Å²) in [5.74, 6) is 1.55. The molecule has 2 N–H and O–H groups in total. The molecule has 0 saturated heterocycles. The van der Waals surface area contributed by atoms with Crippen LogP contribution in [0.15, 0.2) is 65.2 Å². The van der Waals surface area contributed by atoms with E-state index >= 15 is 0 Å². The number of anilines is 1. The summed E-state index contributed by atoms with van der Waals surface area (Å²) < 4.78 is 11.1. The molecular formula is C19H17N5O2S2. The van der Waals surface area contributed by atoms with E-state index in [0.29, 0.717) is 30.0 Å². The molecule has 0 radical (unpaired) electrons. The number of aromatic nitrogens is 3. The third-order valence-corrected chi connectivity index (χ3v) is 4.88. The van der Waals surface area contributed by atoms with Crippen LogP contribution in [0.1, 0.15) is 5.56 Å². The van der Waals surface area contributed by atoms with Crippen LogP contribution in [0.3, 0.4) is 0 Å². The predicted octanol–water partition coefficient (Wildman–Crippen LogP) is 3.28. The Morgan fingerprint density at radius 3 is 2.64 bits per heavy atom. The van der Waals surface area contributed by atoms with Crippen molar-refractivity contribution in [1.82, 2.24) is 20.3 Å². The number of hydrogen-bond donors (Lipinski definition) is 2. The summed E-state index contributed by atoms with van der Waals surface area (Å²) in [4.78, 5) is 12.7. The number of hydrogen-bond acceptors (Lipinski definition) is 7. The number of nitrogens with one attached hydrogen (secondary N) is 2. The van der Waals surface area contributed by atoms with E-state index in [0.717, 1.165) is 27.8 Å². The van der Waals surface area contributed by atoms with Crippen molar-refractivity contribution in [3.63, 3.8) is 0 Å². The first-order valence-corrected chi connectivity index (χ1v) is 9.83. The van der Waals surface area contributed by atoms with Crippen molar-refractivity contribution in [2.75, 3.05) is 18.5 Å². The number of thiocarbonyl (C=S) groups is 1. The van der Waals surface area contributed by atoms with Crippen LogP contribution in [0, 0.1) is 0 Å². The molecule has 4 rings (SSSR count). The molecule has 2 aromatic heterocycles. The van der Waals surface area contributed by atoms with Crippen molar-refractivity contribution in [2.45, 2.75) is 16.7 Å². The fourth-order valence-corrected chi connectivity index (χ4v) is 3.35. The van der Waals surface area contributed by atoms with Gasteiger partial charge in [0.05, 0.1) is 11.9 Å². The Morgan fingerprint density at radius 1 is 1.04 bits per heavy atom. The second-order valence-corrected chi connectivity index (χ2v) is 7.20. The van der Waals surface area contributed by atoms with Gasteiger partial charge in [0, 0.05) is 18.9 Å². The molecule has 0 saturated carbocycles. The molecule has 0 fully saturated rings. The molecule has 1 aromatic carbocycles. The molecule has 0 spiro atoms. The summed E-state index contributed by atoms with van der Waals surface area (Å²) in [6.45, 7) is 1.74. The molecule has 0 atom stereocenters. The Hall–Kier alpha value is -2.91. The Balaban J connectivity index is 1.29. The second kappa shape index (κ2) is 8.85. The summed E-state index contributed by atoms with van der Waals surface area (Å²) in [5.41, 5.74) is 1.86. The molecule has 142 valence electrons. The van der Waals surface area contributed by atoms with E-state index in [9.17, 15) is 0 Å². The molecule has 1 aliphatic rings. The van der Waals surface area contributed by atoms with Crippen LogP contribution in [0.2, 0.25) is 0 Å². The van der Waals surface area contributed by atoms with Gasteiger partial charge in [-0.05, 0) is 59.9 Å². The zero-order valence-electron chi connectivity index (χ0n) is 14.8. The Bertz CT molecular complexity index is 954. The van der Waals surface area contributed by atoms with Crippen LogP contribution in [0.25, 0.3) is 0 Å². The van der Waals surface area contributed by atoms with E-state index in [-0.39, 0.29) is 0 Å². The van der Waals surface area contributed by atoms with Crippen LogP contribution in [0.5, 0.6) is 11.5 Å². The van der Waals surface area contributed by atoms with Crippen molar-refractivity contribution in [1.29, 1.82) is 0 Å². The van der Waals surface area contributed by atoms with Gasteiger partial charge < -0.3 is 20.1 Å². The van der Waals surface area contributed by atoms with Crippen LogP contribution in [0.4, 0.5) is 5.69 Å². The average molecular weight is 412 g/mol. The number of fused-ring (bicyclic) bond motifs is 1. The average Bonchev–Trinajstić information content (AvgIpc) is 2.74. The summed E-state index contributed by atoms with van der Waals surface area (Å²) in [5, 5.41) is 8.30. The summed E-state index contributed by atoms with van der Waals surface area (Å²) in [7, 11) is 0. The van der Waals surface area contributed by atoms with E-state index in [4.69, 9.17) is 21.7 Å². The quantitative estimate of drug-likeness (QED) is 0.485. The maximum absolute atomic E-state index is 5.60. The van der Waals surface area contributed by atoms with Gasteiger partial charge in [-0.3, -0.25) is 0 Å². The van der Waals surface area contributed by atoms with Crippen LogP contribution >= 0.6 is 24.0 Å². The highest BCUT2D eigenvalue weighted by Gasteiger charge is 2.11. The van der Waals surface area contributed by atoms with Crippen molar-refractivity contribution < 1.29 is 9.47 Å². The third kappa shape index (κ3) is 4.87. The van der Waals surface area contributed by atoms with Gasteiger partial charge in [0.2, 0.25) is 0 Å². The molecule has 3 aromatic rings. The van der Waals surface area contributed by atoms with Gasteiger partial charge in [0.25, 0.3) is 0 Å². The van der Waals surface area contributed by atoms with Gasteiger partial charge >= 0.3 is 0 Å². The molecule has 0 amide bonds. The minimum atomic E-state index is 0.517. The lowest BCUT2D eigenvalue weighted by Crippen LogP contribution is -2.28. The first kappa shape index (κ1) is 18.5. The predicted molar refractivity (Wildman–Crippen MR) is 111 cm³/mol. The minimum absolute atomic E-state index is 0.517. The van der Waals surface area contributed by atoms with Gasteiger partial charge in [-0.2, -0.15) is 0 Å². The molecule has 7 nitrogen and oxygen atoms in total. The van der Waals surface area contributed by atoms with E-state index in [1.807, 2.05) is 30.3 Å². The molecule has 9 heteroatoms. The zero-order chi connectivity index (χ0) is 19.2. The van der Waals surface area contributed by atoms with E-state index in [1.54, 1.807) is 24.7 Å². The zero-order valence-corrected chi connectivity index (χ0v) is 16.4. The lowest BCUT2D eigenvalue weighted by atomic mass is 10.2. The van der Waals surface area contributed by atoms with Crippen molar-refractivity contribution in [3.05, 3.63) is 60.6 Å². The summed E-state index contributed by atoms with van der Waals surface area (Å²) in [6.07, 6.45) is 5.14. The smallest absolute Gasteiger partial charge is 0.193 e. The second-order valence-electron chi connectivity index (χ2n) is 5.80. The number of ether oxygens (including phenoxy) is 2. The lowest BCUT2D eigenvalue weighted by molar-refractivity contribution is 0.171. The SMILES string of the molecule is S=C(NCc1ccc2c(c1)OCCO2)Nc1ccc(Sc2ncccn2)nc1. The minimum Gasteiger partial charge on any atom is -0.486 e. The van der Waals surface area contributed by atoms with Crippen molar-refractivity contribution in [3.8, 4) is 11.5 Å². The van der Waals surface area contributed by atoms with E-state index in [2.05, 4.69) is 25.6 Å². The monoisotopic (exact) mass is 411 g/mol. The largest absolute Gasteiger partial charge is 0.486 e. The van der Waals surface area contributed by atoms with Crippen molar-refractivity contribution in [2.24, 2.45) is 0 Å². The number of benzene rings is 1. The van der Waals surface area contributed by atoms with Crippen LogP contribution < -0.4 is 20.1 Å². The summed E-state index contributed by atoms with van der Waals surface area (Å²) in [6, 6.07) is 11.5. The highest BCUT2D eigenvalue weighted by Crippen LogP contribution is 2.30. The highest BCUT2D eigenvalue weighted by atomic mass is 32.2. The van der Waals surface area contributed by atoms with Crippen molar-refractivity contribution >= 4 is 34.8 Å². The summed E-state index contributed by atoms with van der Waals surface area (Å²) >= 11 is 6.77. The number of nitrogens with zero attached hydrogens (tertiary/aromatic N) is 3. The maximum Gasteiger partial charge on any atom is 0.193 e. The Morgan fingerprint density at radius 2 is 1.86 bits per heavy atom. The maximum atomic E-state index is 5.60. The normalized spacial score (nSPS) is 12.3. The van der Waals surface area contributed by atoms with E-state index in [1.165, 1.54) is 11.8 Å². The molecular weight excluding hydrogens is 394 g/mol. The number of rotatable bonds is 5.